The summed E-state index contributed by atoms with van der Waals surface area (Å²) in [6.45, 7) is 1.79. The van der Waals surface area contributed by atoms with Crippen LogP contribution in [0.4, 0.5) is 0 Å². The molecule has 0 aromatic rings. The molecule has 1 N–H and O–H groups in total. The number of carbonyl (C=O) groups is 1. The number of Topliss-reactive ketones (excluding diaryl/α,β-unsaturated/α-hetero) is 1. The van der Waals surface area contributed by atoms with Gasteiger partial charge in [0.2, 0.25) is 5.78 Å². The van der Waals surface area contributed by atoms with Gasteiger partial charge in [0.1, 0.15) is 0 Å². The molecule has 0 amide bonds. The van der Waals surface area contributed by atoms with Crippen LogP contribution in [0.3, 0.4) is 0 Å². The van der Waals surface area contributed by atoms with E-state index in [4.69, 9.17) is 6.42 Å². The van der Waals surface area contributed by atoms with Gasteiger partial charge in [-0.2, -0.15) is 0 Å². The van der Waals surface area contributed by atoms with Crippen LogP contribution in [0.5, 0.6) is 0 Å². The molecule has 0 heterocycles. The standard InChI is InChI=1S/C9H13NO/c1-2-9(11)5-6-10-7-8-3-4-8/h1,8,10H,3-7H2. The molecule has 1 aliphatic carbocycles. The fraction of sp³-hybridized carbons (Fsp3) is 0.667. The lowest BCUT2D eigenvalue weighted by Gasteiger charge is -1.98. The summed E-state index contributed by atoms with van der Waals surface area (Å²) in [4.78, 5) is 10.6. The lowest BCUT2D eigenvalue weighted by atomic mass is 10.3. The van der Waals surface area contributed by atoms with Gasteiger partial charge in [0.25, 0.3) is 0 Å². The van der Waals surface area contributed by atoms with E-state index in [0.29, 0.717) is 6.42 Å². The van der Waals surface area contributed by atoms with Crippen LogP contribution in [-0.4, -0.2) is 18.9 Å². The molecule has 1 saturated carbocycles. The Morgan fingerprint density at radius 3 is 2.91 bits per heavy atom. The third kappa shape index (κ3) is 3.79. The second-order valence-electron chi connectivity index (χ2n) is 2.97. The van der Waals surface area contributed by atoms with Crippen molar-refractivity contribution in [2.75, 3.05) is 13.1 Å². The van der Waals surface area contributed by atoms with E-state index in [1.165, 1.54) is 12.8 Å². The average Bonchev–Trinajstić information content (AvgIpc) is 2.81. The SMILES string of the molecule is C#CC(=O)CCNCC1CC1. The van der Waals surface area contributed by atoms with Crippen LogP contribution >= 0.6 is 0 Å². The summed E-state index contributed by atoms with van der Waals surface area (Å²) < 4.78 is 0. The molecule has 0 atom stereocenters. The average molecular weight is 151 g/mol. The van der Waals surface area contributed by atoms with Crippen molar-refractivity contribution < 1.29 is 4.79 Å². The Balaban J connectivity index is 1.87. The predicted octanol–water partition coefficient (Wildman–Crippen LogP) is 0.578. The summed E-state index contributed by atoms with van der Waals surface area (Å²) in [5.41, 5.74) is 0. The van der Waals surface area contributed by atoms with E-state index >= 15 is 0 Å². The Morgan fingerprint density at radius 2 is 2.36 bits per heavy atom. The van der Waals surface area contributed by atoms with E-state index in [2.05, 4.69) is 11.2 Å². The maximum atomic E-state index is 10.6. The van der Waals surface area contributed by atoms with Crippen molar-refractivity contribution in [2.45, 2.75) is 19.3 Å². The van der Waals surface area contributed by atoms with Gasteiger partial charge in [0.05, 0.1) is 0 Å². The molecule has 0 unspecified atom stereocenters. The molecular formula is C9H13NO. The quantitative estimate of drug-likeness (QED) is 0.354. The van der Waals surface area contributed by atoms with Crippen LogP contribution in [0.2, 0.25) is 0 Å². The first-order valence-corrected chi connectivity index (χ1v) is 4.03. The Bertz CT molecular complexity index is 176. The number of rotatable bonds is 5. The summed E-state index contributed by atoms with van der Waals surface area (Å²) in [6, 6.07) is 0. The normalized spacial score (nSPS) is 15.9. The summed E-state index contributed by atoms with van der Waals surface area (Å²) in [7, 11) is 0. The summed E-state index contributed by atoms with van der Waals surface area (Å²) in [5.74, 6) is 2.86. The Kier molecular flexibility index (Phi) is 3.13. The maximum absolute atomic E-state index is 10.6. The predicted molar refractivity (Wildman–Crippen MR) is 44.1 cm³/mol. The van der Waals surface area contributed by atoms with Crippen LogP contribution in [0.25, 0.3) is 0 Å². The molecule has 0 aromatic heterocycles. The van der Waals surface area contributed by atoms with Crippen LogP contribution in [0, 0.1) is 18.3 Å². The molecule has 1 aliphatic rings. The van der Waals surface area contributed by atoms with Crippen LogP contribution in [-0.2, 0) is 4.79 Å². The largest absolute Gasteiger partial charge is 0.316 e. The van der Waals surface area contributed by atoms with Crippen molar-refractivity contribution in [3.8, 4) is 12.3 Å². The molecule has 0 aliphatic heterocycles. The monoisotopic (exact) mass is 151 g/mol. The van der Waals surface area contributed by atoms with Crippen molar-refractivity contribution in [1.82, 2.24) is 5.32 Å². The number of hydrogen-bond donors (Lipinski definition) is 1. The van der Waals surface area contributed by atoms with E-state index in [0.717, 1.165) is 19.0 Å². The van der Waals surface area contributed by atoms with E-state index < -0.39 is 0 Å². The van der Waals surface area contributed by atoms with Crippen molar-refractivity contribution in [2.24, 2.45) is 5.92 Å². The topological polar surface area (TPSA) is 29.1 Å². The minimum Gasteiger partial charge on any atom is -0.316 e. The molecule has 0 radical (unpaired) electrons. The molecule has 0 spiro atoms. The highest BCUT2D eigenvalue weighted by Crippen LogP contribution is 2.27. The van der Waals surface area contributed by atoms with Crippen LogP contribution in [0.15, 0.2) is 0 Å². The van der Waals surface area contributed by atoms with E-state index in [9.17, 15) is 4.79 Å². The molecule has 0 saturated heterocycles. The second-order valence-corrected chi connectivity index (χ2v) is 2.97. The van der Waals surface area contributed by atoms with Gasteiger partial charge in [-0.15, -0.1) is 6.42 Å². The van der Waals surface area contributed by atoms with Crippen LogP contribution < -0.4 is 5.32 Å². The number of ketones is 1. The Labute approximate surface area is 67.4 Å². The fourth-order valence-electron chi connectivity index (χ4n) is 0.902. The molecule has 11 heavy (non-hydrogen) atoms. The van der Waals surface area contributed by atoms with Crippen molar-refractivity contribution in [3.63, 3.8) is 0 Å². The lowest BCUT2D eigenvalue weighted by molar-refractivity contribution is -0.113. The molecular weight excluding hydrogens is 138 g/mol. The number of hydrogen-bond acceptors (Lipinski definition) is 2. The Hall–Kier alpha value is -0.810. The minimum atomic E-state index is -0.103. The van der Waals surface area contributed by atoms with Crippen LogP contribution in [0.1, 0.15) is 19.3 Å². The fourth-order valence-corrected chi connectivity index (χ4v) is 0.902. The first kappa shape index (κ1) is 8.29. The summed E-state index contributed by atoms with van der Waals surface area (Å²) in [5, 5.41) is 3.20. The molecule has 1 fully saturated rings. The first-order valence-electron chi connectivity index (χ1n) is 4.03. The third-order valence-electron chi connectivity index (χ3n) is 1.82. The van der Waals surface area contributed by atoms with Crippen molar-refractivity contribution >= 4 is 5.78 Å². The highest BCUT2D eigenvalue weighted by molar-refractivity contribution is 5.94. The minimum absolute atomic E-state index is 0.103. The number of carbonyl (C=O) groups excluding carboxylic acids is 1. The summed E-state index contributed by atoms with van der Waals surface area (Å²) >= 11 is 0. The first-order chi connectivity index (χ1) is 5.33. The highest BCUT2D eigenvalue weighted by Gasteiger charge is 2.19. The molecule has 60 valence electrons. The molecule has 2 heteroatoms. The zero-order valence-electron chi connectivity index (χ0n) is 6.60. The lowest BCUT2D eigenvalue weighted by Crippen LogP contribution is -2.20. The molecule has 1 rings (SSSR count). The number of nitrogens with one attached hydrogen (secondary N) is 1. The third-order valence-corrected chi connectivity index (χ3v) is 1.82. The second kappa shape index (κ2) is 4.15. The van der Waals surface area contributed by atoms with Gasteiger partial charge < -0.3 is 5.32 Å². The maximum Gasteiger partial charge on any atom is 0.206 e. The number of terminal acetylenes is 1. The zero-order valence-corrected chi connectivity index (χ0v) is 6.60. The van der Waals surface area contributed by atoms with Gasteiger partial charge in [-0.05, 0) is 31.2 Å². The van der Waals surface area contributed by atoms with E-state index in [1.807, 2.05) is 0 Å². The van der Waals surface area contributed by atoms with Crippen molar-refractivity contribution in [1.29, 1.82) is 0 Å². The van der Waals surface area contributed by atoms with Gasteiger partial charge in [0, 0.05) is 13.0 Å². The van der Waals surface area contributed by atoms with Gasteiger partial charge in [0.15, 0.2) is 0 Å². The van der Waals surface area contributed by atoms with Gasteiger partial charge in [-0.25, -0.2) is 0 Å². The molecule has 2 nitrogen and oxygen atoms in total. The van der Waals surface area contributed by atoms with Gasteiger partial charge in [-0.1, -0.05) is 0 Å². The highest BCUT2D eigenvalue weighted by atomic mass is 16.1. The summed E-state index contributed by atoms with van der Waals surface area (Å²) in [6.07, 6.45) is 8.06. The Morgan fingerprint density at radius 1 is 1.64 bits per heavy atom. The zero-order chi connectivity index (χ0) is 8.10. The van der Waals surface area contributed by atoms with E-state index in [-0.39, 0.29) is 5.78 Å². The van der Waals surface area contributed by atoms with Crippen molar-refractivity contribution in [3.05, 3.63) is 0 Å². The molecule has 0 bridgehead atoms. The molecule has 0 aromatic carbocycles. The van der Waals surface area contributed by atoms with E-state index in [1.54, 1.807) is 0 Å². The smallest absolute Gasteiger partial charge is 0.206 e. The van der Waals surface area contributed by atoms with Gasteiger partial charge >= 0.3 is 0 Å². The van der Waals surface area contributed by atoms with Gasteiger partial charge in [-0.3, -0.25) is 4.79 Å².